The van der Waals surface area contributed by atoms with Gasteiger partial charge in [-0.05, 0) is 53.8 Å². The number of carbonyl (C=O) groups excluding carboxylic acids is 3. The molecule has 2 aromatic carbocycles. The smallest absolute Gasteiger partial charge is 0.267 e. The molecule has 1 aromatic heterocycles. The summed E-state index contributed by atoms with van der Waals surface area (Å²) in [4.78, 5) is 41.5. The summed E-state index contributed by atoms with van der Waals surface area (Å²) in [6, 6.07) is 11.7. The lowest BCUT2D eigenvalue weighted by Crippen LogP contribution is -2.58. The number of nitrogens with one attached hydrogen (secondary N) is 2. The van der Waals surface area contributed by atoms with Crippen LogP contribution < -0.4 is 24.8 Å². The van der Waals surface area contributed by atoms with Crippen LogP contribution in [0.1, 0.15) is 51.1 Å². The van der Waals surface area contributed by atoms with Crippen molar-refractivity contribution in [1.29, 1.82) is 0 Å². The number of carbonyl (C=O) groups is 3. The fourth-order valence-corrected chi connectivity index (χ4v) is 5.42. The number of hydrogen-bond acceptors (Lipinski definition) is 9. The monoisotopic (exact) mass is 565 g/mol. The van der Waals surface area contributed by atoms with Gasteiger partial charge in [0.2, 0.25) is 0 Å². The summed E-state index contributed by atoms with van der Waals surface area (Å²) in [7, 11) is 1.49. The average Bonchev–Trinajstić information content (AvgIpc) is 3.44. The van der Waals surface area contributed by atoms with E-state index < -0.39 is 6.04 Å². The first kappa shape index (κ1) is 27.4. The van der Waals surface area contributed by atoms with Crippen molar-refractivity contribution in [3.8, 4) is 17.2 Å². The molecule has 12 heteroatoms. The Morgan fingerprint density at radius 1 is 1.20 bits per heavy atom. The van der Waals surface area contributed by atoms with Gasteiger partial charge in [0.15, 0.2) is 18.1 Å². The van der Waals surface area contributed by atoms with Gasteiger partial charge < -0.3 is 29.7 Å². The van der Waals surface area contributed by atoms with Gasteiger partial charge in [-0.25, -0.2) is 0 Å². The fourth-order valence-electron chi connectivity index (χ4n) is 4.75. The van der Waals surface area contributed by atoms with Crippen molar-refractivity contribution in [2.45, 2.75) is 44.9 Å². The maximum atomic E-state index is 13.5. The van der Waals surface area contributed by atoms with Crippen LogP contribution in [-0.4, -0.2) is 71.2 Å². The molecule has 4 heterocycles. The third-order valence-electron chi connectivity index (χ3n) is 6.87. The van der Waals surface area contributed by atoms with Crippen LogP contribution in [-0.2, 0) is 17.8 Å². The molecule has 2 atom stereocenters. The van der Waals surface area contributed by atoms with E-state index in [-0.39, 0.29) is 42.7 Å². The molecule has 11 nitrogen and oxygen atoms in total. The zero-order chi connectivity index (χ0) is 28.1. The van der Waals surface area contributed by atoms with E-state index in [1.165, 1.54) is 13.2 Å². The molecule has 0 unspecified atom stereocenters. The Morgan fingerprint density at radius 2 is 2.02 bits per heavy atom. The van der Waals surface area contributed by atoms with Gasteiger partial charge in [-0.15, -0.1) is 5.10 Å². The third kappa shape index (κ3) is 6.17. The molecule has 3 aromatic rings. The SMILES string of the molecule is CCCc1nnsc1C(=O)N1CC[C@H]2Oc3ccc(cc3)CNC(=O)COc3cc(ccc3OC)C(=O)N[C@H]2C1. The Morgan fingerprint density at radius 3 is 2.80 bits per heavy atom. The van der Waals surface area contributed by atoms with E-state index in [0.717, 1.165) is 23.5 Å². The average molecular weight is 566 g/mol. The molecule has 210 valence electrons. The van der Waals surface area contributed by atoms with Crippen molar-refractivity contribution in [2.75, 3.05) is 26.8 Å². The van der Waals surface area contributed by atoms with Gasteiger partial charge in [-0.1, -0.05) is 30.0 Å². The molecular formula is C28H31N5O6S. The van der Waals surface area contributed by atoms with Crippen molar-refractivity contribution in [1.82, 2.24) is 25.1 Å². The van der Waals surface area contributed by atoms with E-state index in [4.69, 9.17) is 14.2 Å². The highest BCUT2D eigenvalue weighted by atomic mass is 32.1. The van der Waals surface area contributed by atoms with Crippen LogP contribution in [0.5, 0.6) is 17.2 Å². The van der Waals surface area contributed by atoms with Crippen LogP contribution >= 0.6 is 11.5 Å². The van der Waals surface area contributed by atoms with Crippen LogP contribution in [0.4, 0.5) is 0 Å². The molecule has 0 aliphatic carbocycles. The molecule has 4 bridgehead atoms. The van der Waals surface area contributed by atoms with Gasteiger partial charge >= 0.3 is 0 Å². The number of aromatic nitrogens is 2. The first-order chi connectivity index (χ1) is 19.4. The fraction of sp³-hybridized carbons (Fsp3) is 0.393. The van der Waals surface area contributed by atoms with Crippen LogP contribution in [0, 0.1) is 0 Å². The number of methoxy groups -OCH3 is 1. The lowest BCUT2D eigenvalue weighted by molar-refractivity contribution is -0.123. The molecule has 3 aliphatic rings. The Bertz CT molecular complexity index is 1380. The van der Waals surface area contributed by atoms with Crippen molar-refractivity contribution >= 4 is 29.3 Å². The molecule has 6 rings (SSSR count). The molecule has 1 fully saturated rings. The molecular weight excluding hydrogens is 534 g/mol. The van der Waals surface area contributed by atoms with Crippen molar-refractivity contribution < 1.29 is 28.6 Å². The molecule has 40 heavy (non-hydrogen) atoms. The van der Waals surface area contributed by atoms with Crippen molar-refractivity contribution in [3.63, 3.8) is 0 Å². The summed E-state index contributed by atoms with van der Waals surface area (Å²) >= 11 is 1.10. The molecule has 1 saturated heterocycles. The molecule has 3 aliphatic heterocycles. The highest BCUT2D eigenvalue weighted by Crippen LogP contribution is 2.29. The lowest BCUT2D eigenvalue weighted by atomic mass is 10.0. The number of nitrogens with zero attached hydrogens (tertiary/aromatic N) is 3. The molecule has 0 saturated carbocycles. The maximum absolute atomic E-state index is 13.5. The number of aryl methyl sites for hydroxylation is 1. The summed E-state index contributed by atoms with van der Waals surface area (Å²) < 4.78 is 21.4. The minimum Gasteiger partial charge on any atom is -0.493 e. The normalized spacial score (nSPS) is 19.4. The predicted octanol–water partition coefficient (Wildman–Crippen LogP) is 2.60. The van der Waals surface area contributed by atoms with Gasteiger partial charge in [0, 0.05) is 31.6 Å². The van der Waals surface area contributed by atoms with Gasteiger partial charge in [0.1, 0.15) is 16.7 Å². The molecule has 0 spiro atoms. The Labute approximate surface area is 236 Å². The van der Waals surface area contributed by atoms with Gasteiger partial charge in [0.25, 0.3) is 17.7 Å². The van der Waals surface area contributed by atoms with Crippen LogP contribution in [0.25, 0.3) is 0 Å². The Balaban J connectivity index is 1.43. The number of piperidine rings is 1. The minimum absolute atomic E-state index is 0.142. The second-order valence-corrected chi connectivity index (χ2v) is 10.4. The van der Waals surface area contributed by atoms with E-state index in [1.807, 2.05) is 31.2 Å². The lowest BCUT2D eigenvalue weighted by Gasteiger charge is -2.38. The number of benzene rings is 2. The van der Waals surface area contributed by atoms with Crippen molar-refractivity contribution in [3.05, 3.63) is 64.2 Å². The standard InChI is InChI=1S/C28H31N5O6S/c1-3-4-20-26(40-32-31-20)28(36)33-12-11-22-21(15-33)30-27(35)18-7-10-23(37-2)24(13-18)38-16-25(34)29-14-17-5-8-19(39-22)9-6-17/h5-10,13,21-22H,3-4,11-12,14-16H2,1-2H3,(H,29,34)(H,30,35)/t21-,22+/m0/s1. The Kier molecular flexibility index (Phi) is 8.44. The predicted molar refractivity (Wildman–Crippen MR) is 147 cm³/mol. The van der Waals surface area contributed by atoms with Crippen molar-refractivity contribution in [2.24, 2.45) is 0 Å². The topological polar surface area (TPSA) is 132 Å². The summed E-state index contributed by atoms with van der Waals surface area (Å²) in [5.41, 5.74) is 1.92. The highest BCUT2D eigenvalue weighted by Gasteiger charge is 2.36. The number of likely N-dealkylation sites (tertiary alicyclic amines) is 1. The third-order valence-corrected chi connectivity index (χ3v) is 7.63. The first-order valence-corrected chi connectivity index (χ1v) is 14.0. The van der Waals surface area contributed by atoms with Crippen LogP contribution in [0.3, 0.4) is 0 Å². The number of rotatable bonds is 4. The van der Waals surface area contributed by atoms with E-state index >= 15 is 0 Å². The largest absolute Gasteiger partial charge is 0.493 e. The quantitative estimate of drug-likeness (QED) is 0.494. The van der Waals surface area contributed by atoms with Gasteiger partial charge in [-0.2, -0.15) is 0 Å². The van der Waals surface area contributed by atoms with Crippen LogP contribution in [0.15, 0.2) is 42.5 Å². The molecule has 0 radical (unpaired) electrons. The number of amides is 3. The summed E-state index contributed by atoms with van der Waals surface area (Å²) in [6.07, 6.45) is 1.67. The zero-order valence-corrected chi connectivity index (χ0v) is 23.2. The van der Waals surface area contributed by atoms with Crippen LogP contribution in [0.2, 0.25) is 0 Å². The number of hydrogen-bond donors (Lipinski definition) is 2. The second kappa shape index (κ2) is 12.3. The van der Waals surface area contributed by atoms with E-state index in [1.54, 1.807) is 17.0 Å². The number of fused-ring (bicyclic) bond motifs is 7. The highest BCUT2D eigenvalue weighted by molar-refractivity contribution is 7.08. The van der Waals surface area contributed by atoms with E-state index in [0.29, 0.717) is 53.6 Å². The van der Waals surface area contributed by atoms with Gasteiger partial charge in [0.05, 0.1) is 18.8 Å². The van der Waals surface area contributed by atoms with E-state index in [9.17, 15) is 14.4 Å². The van der Waals surface area contributed by atoms with Gasteiger partial charge in [-0.3, -0.25) is 14.4 Å². The first-order valence-electron chi connectivity index (χ1n) is 13.2. The maximum Gasteiger partial charge on any atom is 0.267 e. The number of ether oxygens (including phenoxy) is 3. The zero-order valence-electron chi connectivity index (χ0n) is 22.3. The van der Waals surface area contributed by atoms with E-state index in [2.05, 4.69) is 20.2 Å². The summed E-state index contributed by atoms with van der Waals surface area (Å²) in [5.74, 6) is 0.486. The Hall–Kier alpha value is -4.19. The second-order valence-electron chi connectivity index (χ2n) is 9.65. The minimum atomic E-state index is -0.495. The summed E-state index contributed by atoms with van der Waals surface area (Å²) in [6.45, 7) is 2.84. The molecule has 3 amide bonds. The molecule has 2 N–H and O–H groups in total. The summed E-state index contributed by atoms with van der Waals surface area (Å²) in [5, 5.41) is 10.0.